The summed E-state index contributed by atoms with van der Waals surface area (Å²) < 4.78 is 6.10. The van der Waals surface area contributed by atoms with Gasteiger partial charge in [0, 0.05) is 60.1 Å². The van der Waals surface area contributed by atoms with E-state index in [1.54, 1.807) is 23.2 Å². The minimum absolute atomic E-state index is 0.828. The zero-order chi connectivity index (χ0) is 17.2. The van der Waals surface area contributed by atoms with Gasteiger partial charge < -0.3 is 9.29 Å². The topological polar surface area (TPSA) is 20.2 Å². The van der Waals surface area contributed by atoms with Crippen molar-refractivity contribution in [1.29, 1.82) is 0 Å². The zero-order valence-corrected chi connectivity index (χ0v) is 16.5. The van der Waals surface area contributed by atoms with Gasteiger partial charge in [0.2, 0.25) is 0 Å². The van der Waals surface area contributed by atoms with Gasteiger partial charge >= 0.3 is 0 Å². The Morgan fingerprint density at radius 1 is 1.20 bits per heavy atom. The number of hydrogen-bond donors (Lipinski definition) is 1. The quantitative estimate of drug-likeness (QED) is 0.696. The maximum absolute atomic E-state index is 3.49. The number of nitrogens with one attached hydrogen (secondary N) is 1. The summed E-state index contributed by atoms with van der Waals surface area (Å²) in [4.78, 5) is 2.77. The number of nitrogens with zero attached hydrogens (tertiary/aromatic N) is 2. The van der Waals surface area contributed by atoms with Crippen molar-refractivity contribution in [3.05, 3.63) is 29.5 Å². The summed E-state index contributed by atoms with van der Waals surface area (Å²) in [5, 5.41) is 1.48. The van der Waals surface area contributed by atoms with Crippen molar-refractivity contribution >= 4 is 28.5 Å². The first-order valence-electron chi connectivity index (χ1n) is 10.1. The van der Waals surface area contributed by atoms with E-state index in [0.29, 0.717) is 0 Å². The van der Waals surface area contributed by atoms with Crippen molar-refractivity contribution < 1.29 is 0 Å². The molecule has 1 aliphatic carbocycles. The van der Waals surface area contributed by atoms with Crippen molar-refractivity contribution in [3.8, 4) is 0 Å². The maximum atomic E-state index is 3.49. The summed E-state index contributed by atoms with van der Waals surface area (Å²) in [6, 6.07) is 7.80. The minimum atomic E-state index is 0.828. The molecular weight excluding hydrogens is 326 g/mol. The van der Waals surface area contributed by atoms with Crippen molar-refractivity contribution in [2.75, 3.05) is 17.0 Å². The third kappa shape index (κ3) is 3.31. The lowest BCUT2D eigenvalue weighted by atomic mass is 10.0. The molecule has 0 saturated heterocycles. The Labute approximate surface area is 156 Å². The second-order valence-corrected chi connectivity index (χ2v) is 8.57. The smallest absolute Gasteiger partial charge is 0.0487 e. The summed E-state index contributed by atoms with van der Waals surface area (Å²) in [6.07, 6.45) is 8.08. The first-order chi connectivity index (χ1) is 12.3. The summed E-state index contributed by atoms with van der Waals surface area (Å²) in [5.74, 6) is 1.09. The first-order valence-corrected chi connectivity index (χ1v) is 11.1. The molecule has 25 heavy (non-hydrogen) atoms. The zero-order valence-electron chi connectivity index (χ0n) is 15.7. The van der Waals surface area contributed by atoms with E-state index in [2.05, 4.69) is 46.2 Å². The van der Waals surface area contributed by atoms with Crippen molar-refractivity contribution in [2.24, 2.45) is 0 Å². The third-order valence-corrected chi connectivity index (χ3v) is 6.58. The van der Waals surface area contributed by atoms with E-state index < -0.39 is 0 Å². The third-order valence-electron chi connectivity index (χ3n) is 5.91. The lowest BCUT2D eigenvalue weighted by Gasteiger charge is -2.33. The van der Waals surface area contributed by atoms with Crippen molar-refractivity contribution in [3.63, 3.8) is 0 Å². The highest BCUT2D eigenvalue weighted by Crippen LogP contribution is 2.36. The molecule has 0 amide bonds. The van der Waals surface area contributed by atoms with Gasteiger partial charge in [0.25, 0.3) is 0 Å². The maximum Gasteiger partial charge on any atom is 0.0487 e. The van der Waals surface area contributed by atoms with Gasteiger partial charge in [-0.3, -0.25) is 4.90 Å². The van der Waals surface area contributed by atoms with E-state index in [4.69, 9.17) is 0 Å². The summed E-state index contributed by atoms with van der Waals surface area (Å²) in [7, 11) is 0. The van der Waals surface area contributed by atoms with Gasteiger partial charge in [-0.2, -0.15) is 0 Å². The second kappa shape index (κ2) is 7.63. The molecule has 2 heterocycles. The van der Waals surface area contributed by atoms with Crippen LogP contribution in [0.1, 0.15) is 57.2 Å². The van der Waals surface area contributed by atoms with Crippen LogP contribution in [0, 0.1) is 0 Å². The molecule has 1 aromatic heterocycles. The van der Waals surface area contributed by atoms with Crippen LogP contribution < -0.4 is 4.72 Å². The van der Waals surface area contributed by atoms with E-state index in [9.17, 15) is 0 Å². The van der Waals surface area contributed by atoms with Crippen LogP contribution in [-0.4, -0.2) is 27.8 Å². The lowest BCUT2D eigenvalue weighted by molar-refractivity contribution is 0.180. The fourth-order valence-electron chi connectivity index (χ4n) is 4.75. The highest BCUT2D eigenvalue weighted by molar-refractivity contribution is 8.00. The molecule has 1 N–H and O–H groups in total. The molecule has 0 bridgehead atoms. The van der Waals surface area contributed by atoms with Crippen LogP contribution in [0.2, 0.25) is 0 Å². The van der Waals surface area contributed by atoms with E-state index in [-0.39, 0.29) is 0 Å². The molecule has 2 aromatic rings. The van der Waals surface area contributed by atoms with Gasteiger partial charge in [-0.1, -0.05) is 38.6 Å². The molecular formula is C21H31N3S. The molecule has 1 fully saturated rings. The molecule has 4 rings (SSSR count). The molecule has 3 nitrogen and oxygen atoms in total. The standard InChI is InChI=1S/C21H31N3S/c1-3-12-24-20-10-9-16(22-25-4-2)14-18(20)19-15-23(13-11-21(19)24)17-7-5-6-8-17/h9-10,14,17,22H,3-8,11-13,15H2,1-2H3. The fraction of sp³-hybridized carbons (Fsp3) is 0.619. The summed E-state index contributed by atoms with van der Waals surface area (Å²) in [6.45, 7) is 8.02. The number of benzene rings is 1. The Morgan fingerprint density at radius 3 is 2.80 bits per heavy atom. The average Bonchev–Trinajstić information content (AvgIpc) is 3.27. The molecule has 1 saturated carbocycles. The van der Waals surface area contributed by atoms with Crippen LogP contribution in [0.15, 0.2) is 18.2 Å². The lowest BCUT2D eigenvalue weighted by Crippen LogP contribution is -2.38. The normalized spacial score (nSPS) is 18.8. The van der Waals surface area contributed by atoms with Gasteiger partial charge in [0.05, 0.1) is 0 Å². The number of aryl methyl sites for hydroxylation is 1. The van der Waals surface area contributed by atoms with Crippen LogP contribution in [0.4, 0.5) is 5.69 Å². The van der Waals surface area contributed by atoms with Gasteiger partial charge in [-0.15, -0.1) is 0 Å². The Balaban J connectivity index is 1.72. The van der Waals surface area contributed by atoms with Gasteiger partial charge in [0.1, 0.15) is 0 Å². The van der Waals surface area contributed by atoms with Gasteiger partial charge in [-0.25, -0.2) is 0 Å². The van der Waals surface area contributed by atoms with Crippen LogP contribution in [0.25, 0.3) is 10.9 Å². The molecule has 0 radical (unpaired) electrons. The Hall–Kier alpha value is -1.13. The molecule has 1 aromatic carbocycles. The Morgan fingerprint density at radius 2 is 2.04 bits per heavy atom. The van der Waals surface area contributed by atoms with Gasteiger partial charge in [0.15, 0.2) is 0 Å². The van der Waals surface area contributed by atoms with Gasteiger partial charge in [-0.05, 0) is 43.0 Å². The minimum Gasteiger partial charge on any atom is -0.344 e. The number of aromatic nitrogens is 1. The molecule has 136 valence electrons. The average molecular weight is 358 g/mol. The number of hydrogen-bond acceptors (Lipinski definition) is 3. The van der Waals surface area contributed by atoms with E-state index in [1.165, 1.54) is 61.7 Å². The number of fused-ring (bicyclic) bond motifs is 3. The number of rotatable bonds is 6. The van der Waals surface area contributed by atoms with Crippen LogP contribution in [0.5, 0.6) is 0 Å². The summed E-state index contributed by atoms with van der Waals surface area (Å²) in [5.41, 5.74) is 5.89. The second-order valence-electron chi connectivity index (χ2n) is 7.50. The van der Waals surface area contributed by atoms with E-state index in [1.807, 2.05) is 0 Å². The predicted molar refractivity (Wildman–Crippen MR) is 110 cm³/mol. The monoisotopic (exact) mass is 357 g/mol. The fourth-order valence-corrected chi connectivity index (χ4v) is 5.19. The molecule has 0 unspecified atom stereocenters. The molecule has 1 aliphatic heterocycles. The number of anilines is 1. The SMILES string of the molecule is CCCn1c2c(c3cc(NSCC)ccc31)CN(C1CCCC1)CC2. The Kier molecular flexibility index (Phi) is 5.28. The van der Waals surface area contributed by atoms with Crippen molar-refractivity contribution in [2.45, 2.75) is 71.5 Å². The highest BCUT2D eigenvalue weighted by Gasteiger charge is 2.29. The van der Waals surface area contributed by atoms with Crippen LogP contribution in [0.3, 0.4) is 0 Å². The highest BCUT2D eigenvalue weighted by atomic mass is 32.2. The first kappa shape index (κ1) is 17.3. The Bertz CT molecular complexity index is 730. The van der Waals surface area contributed by atoms with Crippen molar-refractivity contribution in [1.82, 2.24) is 9.47 Å². The predicted octanol–water partition coefficient (Wildman–Crippen LogP) is 5.43. The molecule has 2 aliphatic rings. The van der Waals surface area contributed by atoms with E-state index in [0.717, 1.165) is 24.9 Å². The molecule has 4 heteroatoms. The molecule has 0 atom stereocenters. The molecule has 0 spiro atoms. The van der Waals surface area contributed by atoms with E-state index >= 15 is 0 Å². The largest absolute Gasteiger partial charge is 0.344 e. The van der Waals surface area contributed by atoms with Crippen LogP contribution in [-0.2, 0) is 19.5 Å². The summed E-state index contributed by atoms with van der Waals surface area (Å²) >= 11 is 1.78. The van der Waals surface area contributed by atoms with Crippen LogP contribution >= 0.6 is 11.9 Å².